The molecule has 5 heteroatoms. The molecule has 0 amide bonds. The summed E-state index contributed by atoms with van der Waals surface area (Å²) in [6.07, 6.45) is 7.80. The maximum atomic E-state index is 12.6. The third-order valence-electron chi connectivity index (χ3n) is 4.19. The Labute approximate surface area is 128 Å². The first kappa shape index (κ1) is 16.5. The van der Waals surface area contributed by atoms with E-state index in [1.807, 2.05) is 13.0 Å². The lowest BCUT2D eigenvalue weighted by molar-refractivity contribution is 0.426. The molecule has 118 valence electrons. The molecule has 0 aliphatic heterocycles. The van der Waals surface area contributed by atoms with Crippen molar-refractivity contribution < 1.29 is 8.42 Å². The summed E-state index contributed by atoms with van der Waals surface area (Å²) < 4.78 is 28.1. The highest BCUT2D eigenvalue weighted by Crippen LogP contribution is 2.21. The first-order valence-corrected chi connectivity index (χ1v) is 9.33. The van der Waals surface area contributed by atoms with E-state index in [1.54, 1.807) is 12.1 Å². The Balaban J connectivity index is 2.13. The van der Waals surface area contributed by atoms with Gasteiger partial charge in [-0.3, -0.25) is 0 Å². The summed E-state index contributed by atoms with van der Waals surface area (Å²) in [6, 6.07) is 5.39. The summed E-state index contributed by atoms with van der Waals surface area (Å²) in [7, 11) is -3.43. The van der Waals surface area contributed by atoms with Crippen LogP contribution in [0.1, 0.15) is 56.1 Å². The van der Waals surface area contributed by atoms with Crippen LogP contribution in [0.2, 0.25) is 0 Å². The molecule has 0 spiro atoms. The van der Waals surface area contributed by atoms with Crippen molar-refractivity contribution in [3.8, 4) is 0 Å². The van der Waals surface area contributed by atoms with Crippen molar-refractivity contribution in [2.75, 3.05) is 0 Å². The Bertz CT molecular complexity index is 562. The van der Waals surface area contributed by atoms with E-state index < -0.39 is 10.0 Å². The molecule has 1 aliphatic carbocycles. The normalized spacial score (nSPS) is 18.2. The van der Waals surface area contributed by atoms with Crippen molar-refractivity contribution in [3.05, 3.63) is 29.3 Å². The van der Waals surface area contributed by atoms with Crippen molar-refractivity contribution >= 4 is 10.0 Å². The van der Waals surface area contributed by atoms with E-state index in [2.05, 4.69) is 4.72 Å². The van der Waals surface area contributed by atoms with Crippen molar-refractivity contribution in [2.24, 2.45) is 5.73 Å². The molecule has 1 aromatic rings. The quantitative estimate of drug-likeness (QED) is 0.898. The highest BCUT2D eigenvalue weighted by Gasteiger charge is 2.22. The zero-order chi connectivity index (χ0) is 15.3. The van der Waals surface area contributed by atoms with Crippen LogP contribution in [0.3, 0.4) is 0 Å². The minimum atomic E-state index is -3.43. The van der Waals surface area contributed by atoms with Gasteiger partial charge in [-0.2, -0.15) is 0 Å². The molecule has 0 unspecified atom stereocenters. The largest absolute Gasteiger partial charge is 0.326 e. The van der Waals surface area contributed by atoms with Crippen molar-refractivity contribution in [2.45, 2.75) is 69.4 Å². The molecule has 0 bridgehead atoms. The van der Waals surface area contributed by atoms with Crippen LogP contribution in [0.25, 0.3) is 0 Å². The number of sulfonamides is 1. The predicted molar refractivity (Wildman–Crippen MR) is 85.5 cm³/mol. The van der Waals surface area contributed by atoms with E-state index in [0.29, 0.717) is 11.4 Å². The first-order valence-electron chi connectivity index (χ1n) is 7.85. The highest BCUT2D eigenvalue weighted by atomic mass is 32.2. The molecule has 1 saturated carbocycles. The Kier molecular flexibility index (Phi) is 5.79. The lowest BCUT2D eigenvalue weighted by Crippen LogP contribution is -2.35. The summed E-state index contributed by atoms with van der Waals surface area (Å²) in [5, 5.41) is 0. The molecule has 1 aliphatic rings. The third kappa shape index (κ3) is 4.53. The van der Waals surface area contributed by atoms with E-state index in [1.165, 1.54) is 19.3 Å². The maximum absolute atomic E-state index is 12.6. The lowest BCUT2D eigenvalue weighted by Gasteiger charge is -2.21. The van der Waals surface area contributed by atoms with Gasteiger partial charge in [0, 0.05) is 12.6 Å². The van der Waals surface area contributed by atoms with Crippen molar-refractivity contribution in [3.63, 3.8) is 0 Å². The van der Waals surface area contributed by atoms with Gasteiger partial charge in [0.2, 0.25) is 10.0 Å². The minimum absolute atomic E-state index is 0.0730. The number of benzene rings is 1. The number of nitrogens with one attached hydrogen (secondary N) is 1. The topological polar surface area (TPSA) is 72.2 Å². The predicted octanol–water partition coefficient (Wildman–Crippen LogP) is 2.84. The summed E-state index contributed by atoms with van der Waals surface area (Å²) in [4.78, 5) is 0.377. The lowest BCUT2D eigenvalue weighted by atomic mass is 9.97. The Morgan fingerprint density at radius 3 is 2.33 bits per heavy atom. The molecule has 3 N–H and O–H groups in total. The number of hydrogen-bond acceptors (Lipinski definition) is 3. The average Bonchev–Trinajstić information content (AvgIpc) is 2.41. The van der Waals surface area contributed by atoms with Gasteiger partial charge < -0.3 is 5.73 Å². The molecule has 21 heavy (non-hydrogen) atoms. The van der Waals surface area contributed by atoms with Gasteiger partial charge >= 0.3 is 0 Å². The SMILES string of the molecule is Cc1cc(CN)ccc1S(=O)(=O)NC1CCCCCCC1. The maximum Gasteiger partial charge on any atom is 0.241 e. The first-order chi connectivity index (χ1) is 10.0. The zero-order valence-electron chi connectivity index (χ0n) is 12.8. The summed E-state index contributed by atoms with van der Waals surface area (Å²) >= 11 is 0. The molecule has 0 aromatic heterocycles. The van der Waals surface area contributed by atoms with Crippen LogP contribution >= 0.6 is 0 Å². The molecular weight excluding hydrogens is 284 g/mol. The molecule has 0 atom stereocenters. The Morgan fingerprint density at radius 1 is 1.14 bits per heavy atom. The fourth-order valence-corrected chi connectivity index (χ4v) is 4.53. The monoisotopic (exact) mass is 310 g/mol. The summed E-state index contributed by atoms with van der Waals surface area (Å²) in [6.45, 7) is 2.25. The van der Waals surface area contributed by atoms with Crippen LogP contribution in [0.15, 0.2) is 23.1 Å². The molecule has 1 fully saturated rings. The van der Waals surface area contributed by atoms with Crippen molar-refractivity contribution in [1.82, 2.24) is 4.72 Å². The highest BCUT2D eigenvalue weighted by molar-refractivity contribution is 7.89. The van der Waals surface area contributed by atoms with Gasteiger partial charge in [-0.15, -0.1) is 0 Å². The fraction of sp³-hybridized carbons (Fsp3) is 0.625. The van der Waals surface area contributed by atoms with E-state index in [0.717, 1.165) is 36.8 Å². The van der Waals surface area contributed by atoms with Gasteiger partial charge in [0.25, 0.3) is 0 Å². The van der Waals surface area contributed by atoms with E-state index in [9.17, 15) is 8.42 Å². The molecule has 2 rings (SSSR count). The summed E-state index contributed by atoms with van der Waals surface area (Å²) in [5.41, 5.74) is 7.31. The molecule has 0 radical (unpaired) electrons. The van der Waals surface area contributed by atoms with E-state index >= 15 is 0 Å². The number of aryl methyl sites for hydroxylation is 1. The van der Waals surface area contributed by atoms with Crippen LogP contribution in [0.5, 0.6) is 0 Å². The van der Waals surface area contributed by atoms with Crippen LogP contribution in [-0.4, -0.2) is 14.5 Å². The molecule has 4 nitrogen and oxygen atoms in total. The number of hydrogen-bond donors (Lipinski definition) is 2. The molecular formula is C16H26N2O2S. The Morgan fingerprint density at radius 2 is 1.76 bits per heavy atom. The average molecular weight is 310 g/mol. The van der Waals surface area contributed by atoms with Gasteiger partial charge in [-0.25, -0.2) is 13.1 Å². The second-order valence-corrected chi connectivity index (χ2v) is 7.65. The Hall–Kier alpha value is -0.910. The fourth-order valence-electron chi connectivity index (χ4n) is 3.00. The zero-order valence-corrected chi connectivity index (χ0v) is 13.6. The van der Waals surface area contributed by atoms with Gasteiger partial charge in [0.05, 0.1) is 4.90 Å². The van der Waals surface area contributed by atoms with E-state index in [4.69, 9.17) is 5.73 Å². The number of nitrogens with two attached hydrogens (primary N) is 1. The third-order valence-corrected chi connectivity index (χ3v) is 5.87. The van der Waals surface area contributed by atoms with Crippen LogP contribution in [-0.2, 0) is 16.6 Å². The second-order valence-electron chi connectivity index (χ2n) is 5.97. The second kappa shape index (κ2) is 7.38. The van der Waals surface area contributed by atoms with Gasteiger partial charge in [0.15, 0.2) is 0 Å². The van der Waals surface area contributed by atoms with Crippen molar-refractivity contribution in [1.29, 1.82) is 0 Å². The van der Waals surface area contributed by atoms with Gasteiger partial charge in [-0.1, -0.05) is 44.2 Å². The summed E-state index contributed by atoms with van der Waals surface area (Å²) in [5.74, 6) is 0. The number of rotatable bonds is 4. The molecule has 1 aromatic carbocycles. The van der Waals surface area contributed by atoms with Gasteiger partial charge in [0.1, 0.15) is 0 Å². The standard InChI is InChI=1S/C16H26N2O2S/c1-13-11-14(12-17)9-10-16(13)21(19,20)18-15-7-5-3-2-4-6-8-15/h9-11,15,18H,2-8,12,17H2,1H3. The molecule has 0 saturated heterocycles. The smallest absolute Gasteiger partial charge is 0.241 e. The van der Waals surface area contributed by atoms with Gasteiger partial charge in [-0.05, 0) is 37.0 Å². The van der Waals surface area contributed by atoms with Crippen LogP contribution < -0.4 is 10.5 Å². The molecule has 0 heterocycles. The van der Waals surface area contributed by atoms with Crippen LogP contribution in [0, 0.1) is 6.92 Å². The van der Waals surface area contributed by atoms with E-state index in [-0.39, 0.29) is 6.04 Å². The minimum Gasteiger partial charge on any atom is -0.326 e. The van der Waals surface area contributed by atoms with Crippen LogP contribution in [0.4, 0.5) is 0 Å².